The number of carboxylic acid groups (broad SMARTS) is 1. The first-order valence-electron chi connectivity index (χ1n) is 4.54. The average molecular weight is 188 g/mol. The molecule has 0 saturated heterocycles. The van der Waals surface area contributed by atoms with Gasteiger partial charge in [-0.25, -0.2) is 0 Å². The summed E-state index contributed by atoms with van der Waals surface area (Å²) in [5, 5.41) is 27.7. The highest BCUT2D eigenvalue weighted by Gasteiger charge is 2.38. The first-order chi connectivity index (χ1) is 5.92. The lowest BCUT2D eigenvalue weighted by atomic mass is 9.74. The van der Waals surface area contributed by atoms with Crippen molar-refractivity contribution in [1.29, 1.82) is 0 Å². The molecule has 76 valence electrons. The molecule has 0 radical (unpaired) electrons. The highest BCUT2D eigenvalue weighted by atomic mass is 16.4. The number of aliphatic carboxylic acids is 1. The van der Waals surface area contributed by atoms with E-state index in [1.54, 1.807) is 6.92 Å². The monoisotopic (exact) mass is 188 g/mol. The van der Waals surface area contributed by atoms with Crippen LogP contribution < -0.4 is 0 Å². The summed E-state index contributed by atoms with van der Waals surface area (Å²) < 4.78 is 0. The zero-order chi connectivity index (χ0) is 10.1. The van der Waals surface area contributed by atoms with Crippen LogP contribution in [0.1, 0.15) is 32.6 Å². The van der Waals surface area contributed by atoms with Crippen molar-refractivity contribution in [3.63, 3.8) is 0 Å². The molecule has 0 aliphatic heterocycles. The molecule has 0 aromatic carbocycles. The zero-order valence-corrected chi connectivity index (χ0v) is 7.73. The molecule has 1 rings (SSSR count). The van der Waals surface area contributed by atoms with Gasteiger partial charge in [0.2, 0.25) is 0 Å². The molecular weight excluding hydrogens is 172 g/mol. The summed E-state index contributed by atoms with van der Waals surface area (Å²) in [7, 11) is 0. The van der Waals surface area contributed by atoms with Gasteiger partial charge in [0.05, 0.1) is 18.1 Å². The molecule has 0 spiro atoms. The molecule has 1 aliphatic carbocycles. The summed E-state index contributed by atoms with van der Waals surface area (Å²) in [6.07, 6.45) is 0.906. The van der Waals surface area contributed by atoms with Crippen LogP contribution in [-0.4, -0.2) is 33.0 Å². The van der Waals surface area contributed by atoms with Crippen molar-refractivity contribution < 1.29 is 20.1 Å². The lowest BCUT2D eigenvalue weighted by Crippen LogP contribution is -2.42. The Morgan fingerprint density at radius 1 is 1.62 bits per heavy atom. The summed E-state index contributed by atoms with van der Waals surface area (Å²) in [5.41, 5.74) is -0.933. The van der Waals surface area contributed by atoms with Gasteiger partial charge >= 0.3 is 5.97 Å². The number of carboxylic acids is 1. The van der Waals surface area contributed by atoms with Crippen LogP contribution in [0.15, 0.2) is 0 Å². The molecule has 13 heavy (non-hydrogen) atoms. The maximum atomic E-state index is 10.5. The predicted molar refractivity (Wildman–Crippen MR) is 46.2 cm³/mol. The molecule has 4 nitrogen and oxygen atoms in total. The molecule has 1 saturated carbocycles. The van der Waals surface area contributed by atoms with Crippen LogP contribution in [0.4, 0.5) is 0 Å². The molecule has 3 atom stereocenters. The van der Waals surface area contributed by atoms with Gasteiger partial charge in [-0.2, -0.15) is 0 Å². The highest BCUT2D eigenvalue weighted by molar-refractivity contribution is 5.67. The number of aliphatic hydroxyl groups is 2. The molecule has 0 aromatic rings. The molecule has 0 unspecified atom stereocenters. The molecule has 0 aromatic heterocycles. The van der Waals surface area contributed by atoms with E-state index in [1.807, 2.05) is 0 Å². The molecule has 3 N–H and O–H groups in total. The Morgan fingerprint density at radius 3 is 2.77 bits per heavy atom. The smallest absolute Gasteiger partial charge is 0.303 e. The molecule has 0 heterocycles. The normalized spacial score (nSPS) is 40.2. The third-order valence-corrected chi connectivity index (χ3v) is 2.84. The fourth-order valence-electron chi connectivity index (χ4n) is 1.88. The van der Waals surface area contributed by atoms with E-state index < -0.39 is 17.7 Å². The fraction of sp³-hybridized carbons (Fsp3) is 0.889. The Labute approximate surface area is 77.2 Å². The number of rotatable bonds is 2. The Kier molecular flexibility index (Phi) is 2.93. The maximum Gasteiger partial charge on any atom is 0.303 e. The molecule has 0 bridgehead atoms. The van der Waals surface area contributed by atoms with Crippen LogP contribution in [0.25, 0.3) is 0 Å². The lowest BCUT2D eigenvalue weighted by molar-refractivity contribution is -0.143. The predicted octanol–water partition coefficient (Wildman–Crippen LogP) is 0.373. The van der Waals surface area contributed by atoms with E-state index in [0.29, 0.717) is 19.3 Å². The topological polar surface area (TPSA) is 77.8 Å². The van der Waals surface area contributed by atoms with E-state index >= 15 is 0 Å². The van der Waals surface area contributed by atoms with Crippen molar-refractivity contribution in [2.24, 2.45) is 5.92 Å². The minimum Gasteiger partial charge on any atom is -0.481 e. The van der Waals surface area contributed by atoms with Gasteiger partial charge in [-0.1, -0.05) is 0 Å². The van der Waals surface area contributed by atoms with Gasteiger partial charge in [0.25, 0.3) is 0 Å². The van der Waals surface area contributed by atoms with Crippen LogP contribution in [0.2, 0.25) is 0 Å². The number of hydrogen-bond acceptors (Lipinski definition) is 3. The third kappa shape index (κ3) is 2.67. The van der Waals surface area contributed by atoms with Gasteiger partial charge in [0, 0.05) is 5.92 Å². The van der Waals surface area contributed by atoms with Crippen molar-refractivity contribution in [2.45, 2.75) is 44.3 Å². The first-order valence-corrected chi connectivity index (χ1v) is 4.54. The summed E-state index contributed by atoms with van der Waals surface area (Å²) in [6, 6.07) is 0. The van der Waals surface area contributed by atoms with Gasteiger partial charge in [0.1, 0.15) is 0 Å². The van der Waals surface area contributed by atoms with E-state index in [0.717, 1.165) is 0 Å². The van der Waals surface area contributed by atoms with E-state index in [2.05, 4.69) is 0 Å². The fourth-order valence-corrected chi connectivity index (χ4v) is 1.88. The minimum absolute atomic E-state index is 0.0654. The zero-order valence-electron chi connectivity index (χ0n) is 7.73. The highest BCUT2D eigenvalue weighted by Crippen LogP contribution is 2.35. The summed E-state index contributed by atoms with van der Waals surface area (Å²) >= 11 is 0. The molecule has 1 aliphatic rings. The summed E-state index contributed by atoms with van der Waals surface area (Å²) in [4.78, 5) is 10.5. The van der Waals surface area contributed by atoms with E-state index in [9.17, 15) is 15.0 Å². The summed E-state index contributed by atoms with van der Waals surface area (Å²) in [6.45, 7) is 1.65. The van der Waals surface area contributed by atoms with Gasteiger partial charge in [-0.3, -0.25) is 4.79 Å². The van der Waals surface area contributed by atoms with Crippen molar-refractivity contribution in [2.75, 3.05) is 0 Å². The summed E-state index contributed by atoms with van der Waals surface area (Å²) in [5.74, 6) is -1.24. The first kappa shape index (κ1) is 10.5. The Morgan fingerprint density at radius 2 is 2.23 bits per heavy atom. The van der Waals surface area contributed by atoms with Crippen LogP contribution in [0.5, 0.6) is 0 Å². The second-order valence-electron chi connectivity index (χ2n) is 4.08. The van der Waals surface area contributed by atoms with Crippen molar-refractivity contribution in [3.8, 4) is 0 Å². The third-order valence-electron chi connectivity index (χ3n) is 2.84. The van der Waals surface area contributed by atoms with Crippen LogP contribution in [0.3, 0.4) is 0 Å². The largest absolute Gasteiger partial charge is 0.481 e. The number of aliphatic hydroxyl groups excluding tert-OH is 1. The second-order valence-corrected chi connectivity index (χ2v) is 4.08. The van der Waals surface area contributed by atoms with E-state index in [1.165, 1.54) is 0 Å². The van der Waals surface area contributed by atoms with Gasteiger partial charge in [-0.15, -0.1) is 0 Å². The van der Waals surface area contributed by atoms with Gasteiger partial charge in [0.15, 0.2) is 0 Å². The quantitative estimate of drug-likeness (QED) is 0.585. The Balaban J connectivity index is 2.61. The van der Waals surface area contributed by atoms with Gasteiger partial charge < -0.3 is 15.3 Å². The van der Waals surface area contributed by atoms with Crippen LogP contribution in [0, 0.1) is 5.92 Å². The molecule has 1 fully saturated rings. The Hall–Kier alpha value is -0.610. The van der Waals surface area contributed by atoms with Crippen molar-refractivity contribution in [3.05, 3.63) is 0 Å². The van der Waals surface area contributed by atoms with Crippen LogP contribution >= 0.6 is 0 Å². The second kappa shape index (κ2) is 3.64. The maximum absolute atomic E-state index is 10.5. The molecular formula is C9H16O4. The molecule has 4 heteroatoms. The van der Waals surface area contributed by atoms with E-state index in [4.69, 9.17) is 5.11 Å². The standard InChI is InChI=1S/C9H16O4/c1-9(13)3-2-7(10)4-6(9)5-8(11)12/h6-7,10,13H,2-5H2,1H3,(H,11,12)/t6-,7-,9-/m1/s1. The number of hydrogen-bond donors (Lipinski definition) is 3. The van der Waals surface area contributed by atoms with Crippen molar-refractivity contribution in [1.82, 2.24) is 0 Å². The van der Waals surface area contributed by atoms with Gasteiger partial charge in [-0.05, 0) is 26.2 Å². The minimum atomic E-state index is -0.933. The number of carbonyl (C=O) groups is 1. The average Bonchev–Trinajstić information content (AvgIpc) is 1.97. The lowest BCUT2D eigenvalue weighted by Gasteiger charge is -2.38. The van der Waals surface area contributed by atoms with Crippen molar-refractivity contribution >= 4 is 5.97 Å². The Bertz CT molecular complexity index is 200. The van der Waals surface area contributed by atoms with E-state index in [-0.39, 0.29) is 12.3 Å². The SMILES string of the molecule is C[C@@]1(O)CC[C@@H](O)C[C@@H]1CC(=O)O. The molecule has 0 amide bonds. The van der Waals surface area contributed by atoms with Crippen LogP contribution in [-0.2, 0) is 4.79 Å².